The van der Waals surface area contributed by atoms with Gasteiger partial charge in [0.2, 0.25) is 5.95 Å². The van der Waals surface area contributed by atoms with Crippen LogP contribution >= 0.6 is 0 Å². The number of benzene rings is 1. The van der Waals surface area contributed by atoms with Crippen LogP contribution in [0.1, 0.15) is 12.8 Å². The van der Waals surface area contributed by atoms with E-state index in [4.69, 9.17) is 0 Å². The molecular weight excluding hydrogens is 367 g/mol. The summed E-state index contributed by atoms with van der Waals surface area (Å²) in [5.41, 5.74) is 2.02. The van der Waals surface area contributed by atoms with Gasteiger partial charge in [0, 0.05) is 29.9 Å². The number of halogens is 3. The number of hydrogen-bond donors (Lipinski definition) is 1. The van der Waals surface area contributed by atoms with Gasteiger partial charge in [-0.25, -0.2) is 9.50 Å². The Labute approximate surface area is 158 Å². The number of nitrogens with zero attached hydrogens (tertiary/aromatic N) is 4. The number of pyridine rings is 1. The lowest BCUT2D eigenvalue weighted by atomic mass is 10.0. The molecule has 1 N–H and O–H groups in total. The SMILES string of the molecule is FC(F)(F)C1(CNc2ncc3c(-c4ccc5ncccc5c4)ccn3n2)CC1. The maximum atomic E-state index is 13.1. The van der Waals surface area contributed by atoms with Crippen LogP contribution in [0.5, 0.6) is 0 Å². The number of anilines is 1. The molecule has 0 aliphatic heterocycles. The van der Waals surface area contributed by atoms with E-state index in [9.17, 15) is 13.2 Å². The first kappa shape index (κ1) is 17.0. The Bertz CT molecular complexity index is 1180. The summed E-state index contributed by atoms with van der Waals surface area (Å²) < 4.78 is 40.8. The van der Waals surface area contributed by atoms with Crippen LogP contribution in [0, 0.1) is 5.41 Å². The van der Waals surface area contributed by atoms with E-state index in [1.807, 2.05) is 36.4 Å². The van der Waals surface area contributed by atoms with Crippen molar-refractivity contribution >= 4 is 22.4 Å². The maximum absolute atomic E-state index is 13.1. The molecule has 0 amide bonds. The standard InChI is InChI=1S/C20H16F3N5/c21-20(22,23)19(6-7-19)12-26-18-25-11-17-15(5-9-28(17)27-18)13-3-4-16-14(10-13)2-1-8-24-16/h1-5,8-11H,6-7,12H2,(H,26,27). The third-order valence-electron chi connectivity index (χ3n) is 5.37. The highest BCUT2D eigenvalue weighted by Gasteiger charge is 2.62. The second-order valence-corrected chi connectivity index (χ2v) is 7.18. The summed E-state index contributed by atoms with van der Waals surface area (Å²) in [5.74, 6) is 0.188. The summed E-state index contributed by atoms with van der Waals surface area (Å²) in [4.78, 5) is 8.54. The van der Waals surface area contributed by atoms with E-state index >= 15 is 0 Å². The summed E-state index contributed by atoms with van der Waals surface area (Å²) in [6.07, 6.45) is 1.26. The molecule has 0 spiro atoms. The van der Waals surface area contributed by atoms with Gasteiger partial charge in [0.1, 0.15) is 0 Å². The van der Waals surface area contributed by atoms with Crippen LogP contribution in [-0.4, -0.2) is 32.3 Å². The Balaban J connectivity index is 1.43. The predicted octanol–water partition coefficient (Wildman–Crippen LogP) is 4.70. The number of aromatic nitrogens is 4. The van der Waals surface area contributed by atoms with Crippen LogP contribution in [0.15, 0.2) is 55.0 Å². The fraction of sp³-hybridized carbons (Fsp3) is 0.250. The fourth-order valence-corrected chi connectivity index (χ4v) is 3.43. The lowest BCUT2D eigenvalue weighted by Gasteiger charge is -2.19. The molecule has 1 saturated carbocycles. The summed E-state index contributed by atoms with van der Waals surface area (Å²) in [6.45, 7) is -0.201. The zero-order valence-corrected chi connectivity index (χ0v) is 14.7. The van der Waals surface area contributed by atoms with Crippen molar-refractivity contribution < 1.29 is 13.2 Å². The molecule has 142 valence electrons. The summed E-state index contributed by atoms with van der Waals surface area (Å²) in [5, 5.41) is 8.09. The Kier molecular flexibility index (Phi) is 3.59. The zero-order chi connectivity index (χ0) is 19.4. The Morgan fingerprint density at radius 1 is 1.11 bits per heavy atom. The monoisotopic (exact) mass is 383 g/mol. The number of rotatable bonds is 4. The first-order valence-electron chi connectivity index (χ1n) is 8.95. The van der Waals surface area contributed by atoms with Gasteiger partial charge in [0.05, 0.1) is 22.6 Å². The molecule has 0 unspecified atom stereocenters. The van der Waals surface area contributed by atoms with Crippen molar-refractivity contribution in [2.45, 2.75) is 19.0 Å². The van der Waals surface area contributed by atoms with Crippen LogP contribution < -0.4 is 5.32 Å². The quantitative estimate of drug-likeness (QED) is 0.555. The van der Waals surface area contributed by atoms with E-state index in [1.165, 1.54) is 0 Å². The average molecular weight is 383 g/mol. The van der Waals surface area contributed by atoms with E-state index in [0.29, 0.717) is 0 Å². The van der Waals surface area contributed by atoms with Gasteiger partial charge in [-0.1, -0.05) is 12.1 Å². The Morgan fingerprint density at radius 2 is 1.96 bits per heavy atom. The van der Waals surface area contributed by atoms with Crippen LogP contribution in [0.4, 0.5) is 19.1 Å². The molecule has 1 aromatic carbocycles. The van der Waals surface area contributed by atoms with E-state index in [1.54, 1.807) is 23.1 Å². The van der Waals surface area contributed by atoms with E-state index in [0.717, 1.165) is 27.5 Å². The van der Waals surface area contributed by atoms with Gasteiger partial charge in [-0.3, -0.25) is 4.98 Å². The average Bonchev–Trinajstić information content (AvgIpc) is 3.39. The van der Waals surface area contributed by atoms with Gasteiger partial charge in [0.25, 0.3) is 0 Å². The number of alkyl halides is 3. The molecule has 3 heterocycles. The van der Waals surface area contributed by atoms with Crippen molar-refractivity contribution in [3.8, 4) is 11.1 Å². The van der Waals surface area contributed by atoms with Crippen LogP contribution in [0.25, 0.3) is 27.5 Å². The lowest BCUT2D eigenvalue weighted by molar-refractivity contribution is -0.182. The minimum atomic E-state index is -4.20. The highest BCUT2D eigenvalue weighted by Crippen LogP contribution is 2.57. The third kappa shape index (κ3) is 2.76. The van der Waals surface area contributed by atoms with Gasteiger partial charge in [-0.2, -0.15) is 13.2 Å². The summed E-state index contributed by atoms with van der Waals surface area (Å²) >= 11 is 0. The Hall–Kier alpha value is -3.16. The van der Waals surface area contributed by atoms with Crippen LogP contribution in [0.3, 0.4) is 0 Å². The van der Waals surface area contributed by atoms with Crippen molar-refractivity contribution in [1.82, 2.24) is 19.6 Å². The minimum Gasteiger partial charge on any atom is -0.352 e. The first-order valence-corrected chi connectivity index (χ1v) is 8.95. The first-order chi connectivity index (χ1) is 13.5. The highest BCUT2D eigenvalue weighted by molar-refractivity contribution is 5.88. The normalized spacial score (nSPS) is 15.8. The van der Waals surface area contributed by atoms with Crippen molar-refractivity contribution in [2.24, 2.45) is 5.41 Å². The highest BCUT2D eigenvalue weighted by atomic mass is 19.4. The van der Waals surface area contributed by atoms with E-state index in [-0.39, 0.29) is 25.3 Å². The lowest BCUT2D eigenvalue weighted by Crippen LogP contribution is -2.32. The predicted molar refractivity (Wildman–Crippen MR) is 99.9 cm³/mol. The van der Waals surface area contributed by atoms with Gasteiger partial charge < -0.3 is 5.32 Å². The number of hydrogen-bond acceptors (Lipinski definition) is 4. The summed E-state index contributed by atoms with van der Waals surface area (Å²) in [7, 11) is 0. The minimum absolute atomic E-state index is 0.149. The van der Waals surface area contributed by atoms with Crippen molar-refractivity contribution in [3.05, 3.63) is 55.0 Å². The second kappa shape index (κ2) is 5.92. The number of nitrogens with one attached hydrogen (secondary N) is 1. The molecule has 4 aromatic rings. The van der Waals surface area contributed by atoms with Gasteiger partial charge >= 0.3 is 6.18 Å². The Morgan fingerprint density at radius 3 is 2.75 bits per heavy atom. The topological polar surface area (TPSA) is 55.1 Å². The van der Waals surface area contributed by atoms with Gasteiger partial charge in [-0.05, 0) is 42.7 Å². The number of fused-ring (bicyclic) bond motifs is 2. The van der Waals surface area contributed by atoms with Crippen molar-refractivity contribution in [1.29, 1.82) is 0 Å². The third-order valence-corrected chi connectivity index (χ3v) is 5.37. The van der Waals surface area contributed by atoms with Gasteiger partial charge in [-0.15, -0.1) is 5.10 Å². The van der Waals surface area contributed by atoms with Crippen molar-refractivity contribution in [3.63, 3.8) is 0 Å². The second-order valence-electron chi connectivity index (χ2n) is 7.18. The molecule has 1 fully saturated rings. The molecule has 1 aliphatic rings. The largest absolute Gasteiger partial charge is 0.396 e. The maximum Gasteiger partial charge on any atom is 0.396 e. The molecule has 1 aliphatic carbocycles. The molecule has 8 heteroatoms. The zero-order valence-electron chi connectivity index (χ0n) is 14.7. The molecule has 5 nitrogen and oxygen atoms in total. The van der Waals surface area contributed by atoms with E-state index in [2.05, 4.69) is 20.4 Å². The molecule has 3 aromatic heterocycles. The molecular formula is C20H16F3N5. The van der Waals surface area contributed by atoms with Crippen LogP contribution in [0.2, 0.25) is 0 Å². The van der Waals surface area contributed by atoms with Crippen molar-refractivity contribution in [2.75, 3.05) is 11.9 Å². The fourth-order valence-electron chi connectivity index (χ4n) is 3.43. The molecule has 0 radical (unpaired) electrons. The molecule has 28 heavy (non-hydrogen) atoms. The van der Waals surface area contributed by atoms with Gasteiger partial charge in [0.15, 0.2) is 0 Å². The van der Waals surface area contributed by atoms with E-state index < -0.39 is 11.6 Å². The smallest absolute Gasteiger partial charge is 0.352 e. The summed E-state index contributed by atoms with van der Waals surface area (Å²) in [6, 6.07) is 11.8. The molecule has 0 bridgehead atoms. The molecule has 5 rings (SSSR count). The molecule has 0 atom stereocenters. The molecule has 0 saturated heterocycles. The van der Waals surface area contributed by atoms with Crippen LogP contribution in [-0.2, 0) is 0 Å².